The van der Waals surface area contributed by atoms with Gasteiger partial charge in [-0.15, -0.1) is 0 Å². The minimum absolute atomic E-state index is 0.131. The molecule has 56 heavy (non-hydrogen) atoms. The van der Waals surface area contributed by atoms with Gasteiger partial charge in [0.25, 0.3) is 0 Å². The highest BCUT2D eigenvalue weighted by atomic mass is 16.6. The molecule has 0 atom stereocenters. The third-order valence-corrected chi connectivity index (χ3v) is 9.81. The van der Waals surface area contributed by atoms with Crippen LogP contribution in [0.2, 0.25) is 0 Å². The zero-order chi connectivity index (χ0) is 40.5. The standard InChI is InChI=1S/C46H90O10/c1-3-5-7-9-11-13-15-17-19-21-23-25-27-29-45(47)55-43-41-53-39-37-51-35-33-49-31-32-50-34-36-52-38-40-54-42-44-56-46(48)30-28-26-24-22-20-18-16-14-12-10-8-6-4-2/h3-44H2,1-2H3. The van der Waals surface area contributed by atoms with Crippen molar-refractivity contribution in [2.45, 2.75) is 194 Å². The van der Waals surface area contributed by atoms with E-state index in [1.807, 2.05) is 0 Å². The molecule has 0 aromatic heterocycles. The SMILES string of the molecule is CCCCCCCCCCCCCCCC(=O)OCCOCCOCCOCCOCCOCCOCCOC(=O)CCCCCCCCCCCCCCC. The number of hydrogen-bond donors (Lipinski definition) is 0. The van der Waals surface area contributed by atoms with E-state index >= 15 is 0 Å². The van der Waals surface area contributed by atoms with Crippen LogP contribution in [-0.4, -0.2) is 104 Å². The monoisotopic (exact) mass is 803 g/mol. The van der Waals surface area contributed by atoms with Gasteiger partial charge in [0.05, 0.1) is 79.3 Å². The molecule has 0 amide bonds. The number of hydrogen-bond acceptors (Lipinski definition) is 10. The second kappa shape index (κ2) is 49.8. The zero-order valence-electron chi connectivity index (χ0n) is 36.8. The van der Waals surface area contributed by atoms with Crippen LogP contribution in [0.5, 0.6) is 0 Å². The van der Waals surface area contributed by atoms with Gasteiger partial charge in [0.15, 0.2) is 0 Å². The largest absolute Gasteiger partial charge is 0.463 e. The number of ether oxygens (including phenoxy) is 8. The molecule has 0 aromatic carbocycles. The lowest BCUT2D eigenvalue weighted by atomic mass is 10.0. The molecule has 0 saturated carbocycles. The normalized spacial score (nSPS) is 11.4. The van der Waals surface area contributed by atoms with Crippen molar-refractivity contribution in [3.63, 3.8) is 0 Å². The predicted octanol–water partition coefficient (Wildman–Crippen LogP) is 11.1. The summed E-state index contributed by atoms with van der Waals surface area (Å²) in [5.74, 6) is -0.262. The maximum atomic E-state index is 11.9. The predicted molar refractivity (Wildman–Crippen MR) is 227 cm³/mol. The molecule has 0 N–H and O–H groups in total. The third kappa shape index (κ3) is 48.8. The minimum Gasteiger partial charge on any atom is -0.463 e. The average Bonchev–Trinajstić information content (AvgIpc) is 3.20. The van der Waals surface area contributed by atoms with Crippen molar-refractivity contribution >= 4 is 11.9 Å². The van der Waals surface area contributed by atoms with Crippen LogP contribution in [0, 0.1) is 0 Å². The van der Waals surface area contributed by atoms with Crippen LogP contribution in [0.1, 0.15) is 194 Å². The maximum Gasteiger partial charge on any atom is 0.305 e. The number of carbonyl (C=O) groups excluding carboxylic acids is 2. The Morgan fingerprint density at radius 2 is 0.429 bits per heavy atom. The Morgan fingerprint density at radius 1 is 0.250 bits per heavy atom. The Hall–Kier alpha value is -1.30. The Bertz CT molecular complexity index is 706. The van der Waals surface area contributed by atoms with E-state index in [0.717, 1.165) is 25.7 Å². The van der Waals surface area contributed by atoms with Crippen molar-refractivity contribution in [3.05, 3.63) is 0 Å². The molecule has 0 rings (SSSR count). The average molecular weight is 803 g/mol. The van der Waals surface area contributed by atoms with Gasteiger partial charge in [0, 0.05) is 12.8 Å². The lowest BCUT2D eigenvalue weighted by Gasteiger charge is -2.09. The first-order valence-electron chi connectivity index (χ1n) is 23.5. The van der Waals surface area contributed by atoms with E-state index in [1.54, 1.807) is 0 Å². The summed E-state index contributed by atoms with van der Waals surface area (Å²) >= 11 is 0. The van der Waals surface area contributed by atoms with E-state index in [4.69, 9.17) is 37.9 Å². The van der Waals surface area contributed by atoms with E-state index in [2.05, 4.69) is 13.8 Å². The summed E-state index contributed by atoms with van der Waals surface area (Å²) in [6.07, 6.45) is 34.7. The highest BCUT2D eigenvalue weighted by Gasteiger charge is 2.04. The topological polar surface area (TPSA) is 108 Å². The molecule has 334 valence electrons. The van der Waals surface area contributed by atoms with Gasteiger partial charge < -0.3 is 37.9 Å². The van der Waals surface area contributed by atoms with Gasteiger partial charge in [-0.3, -0.25) is 9.59 Å². The second-order valence-electron chi connectivity index (χ2n) is 15.1. The fourth-order valence-electron chi connectivity index (χ4n) is 6.35. The van der Waals surface area contributed by atoms with Crippen molar-refractivity contribution in [2.24, 2.45) is 0 Å². The molecule has 0 saturated heterocycles. The van der Waals surface area contributed by atoms with Crippen LogP contribution in [0.4, 0.5) is 0 Å². The van der Waals surface area contributed by atoms with Crippen molar-refractivity contribution in [1.82, 2.24) is 0 Å². The molecule has 0 aliphatic heterocycles. The summed E-state index contributed by atoms with van der Waals surface area (Å²) < 4.78 is 43.5. The quantitative estimate of drug-likeness (QED) is 0.0436. The van der Waals surface area contributed by atoms with E-state index in [0.29, 0.717) is 92.1 Å². The molecular formula is C46H90O10. The van der Waals surface area contributed by atoms with Gasteiger partial charge in [0.2, 0.25) is 0 Å². The summed E-state index contributed by atoms with van der Waals surface area (Å²) in [4.78, 5) is 23.8. The Morgan fingerprint density at radius 3 is 0.643 bits per heavy atom. The van der Waals surface area contributed by atoms with E-state index < -0.39 is 0 Å². The molecule has 0 aliphatic carbocycles. The van der Waals surface area contributed by atoms with E-state index in [9.17, 15) is 9.59 Å². The number of carbonyl (C=O) groups is 2. The number of esters is 2. The first-order chi connectivity index (χ1) is 27.7. The highest BCUT2D eigenvalue weighted by molar-refractivity contribution is 5.69. The fourth-order valence-corrected chi connectivity index (χ4v) is 6.35. The highest BCUT2D eigenvalue weighted by Crippen LogP contribution is 2.14. The molecule has 0 spiro atoms. The lowest BCUT2D eigenvalue weighted by Crippen LogP contribution is -2.15. The van der Waals surface area contributed by atoms with Crippen LogP contribution < -0.4 is 0 Å². The Balaban J connectivity index is 3.18. The summed E-state index contributed by atoms with van der Waals surface area (Å²) in [7, 11) is 0. The van der Waals surface area contributed by atoms with Crippen LogP contribution in [0.3, 0.4) is 0 Å². The number of unbranched alkanes of at least 4 members (excludes halogenated alkanes) is 24. The molecular weight excluding hydrogens is 712 g/mol. The molecule has 10 heteroatoms. The summed E-state index contributed by atoms with van der Waals surface area (Å²) in [6.45, 7) is 10.7. The smallest absolute Gasteiger partial charge is 0.305 e. The van der Waals surface area contributed by atoms with Crippen molar-refractivity contribution in [3.8, 4) is 0 Å². The summed E-state index contributed by atoms with van der Waals surface area (Å²) in [6, 6.07) is 0. The first kappa shape index (κ1) is 54.7. The van der Waals surface area contributed by atoms with Gasteiger partial charge in [-0.1, -0.05) is 168 Å². The van der Waals surface area contributed by atoms with Gasteiger partial charge in [-0.2, -0.15) is 0 Å². The maximum absolute atomic E-state index is 11.9. The zero-order valence-corrected chi connectivity index (χ0v) is 36.8. The van der Waals surface area contributed by atoms with Crippen molar-refractivity contribution in [1.29, 1.82) is 0 Å². The van der Waals surface area contributed by atoms with Gasteiger partial charge >= 0.3 is 11.9 Å². The van der Waals surface area contributed by atoms with Crippen molar-refractivity contribution < 1.29 is 47.5 Å². The van der Waals surface area contributed by atoms with Crippen molar-refractivity contribution in [2.75, 3.05) is 92.5 Å². The van der Waals surface area contributed by atoms with Crippen LogP contribution in [0.25, 0.3) is 0 Å². The van der Waals surface area contributed by atoms with E-state index in [1.165, 1.54) is 141 Å². The number of rotatable bonds is 49. The molecule has 0 fully saturated rings. The Kier molecular flexibility index (Phi) is 48.7. The van der Waals surface area contributed by atoms with Gasteiger partial charge in [0.1, 0.15) is 13.2 Å². The van der Waals surface area contributed by atoms with E-state index in [-0.39, 0.29) is 25.2 Å². The molecule has 0 aliphatic rings. The van der Waals surface area contributed by atoms with Gasteiger partial charge in [-0.05, 0) is 12.8 Å². The van der Waals surface area contributed by atoms with Crippen LogP contribution in [-0.2, 0) is 47.5 Å². The molecule has 0 radical (unpaired) electrons. The second-order valence-corrected chi connectivity index (χ2v) is 15.1. The third-order valence-electron chi connectivity index (χ3n) is 9.81. The summed E-state index contributed by atoms with van der Waals surface area (Å²) in [5, 5.41) is 0. The lowest BCUT2D eigenvalue weighted by molar-refractivity contribution is -0.146. The summed E-state index contributed by atoms with van der Waals surface area (Å²) in [5.41, 5.74) is 0. The Labute approximate surface area is 344 Å². The molecule has 0 heterocycles. The minimum atomic E-state index is -0.131. The van der Waals surface area contributed by atoms with Crippen LogP contribution >= 0.6 is 0 Å². The molecule has 10 nitrogen and oxygen atoms in total. The van der Waals surface area contributed by atoms with Gasteiger partial charge in [-0.25, -0.2) is 0 Å². The molecule has 0 unspecified atom stereocenters. The first-order valence-corrected chi connectivity index (χ1v) is 23.5. The molecule has 0 aromatic rings. The fraction of sp³-hybridized carbons (Fsp3) is 0.957. The molecule has 0 bridgehead atoms. The van der Waals surface area contributed by atoms with Crippen LogP contribution in [0.15, 0.2) is 0 Å².